The first-order valence-electron chi connectivity index (χ1n) is 4.87. The zero-order chi connectivity index (χ0) is 12.6. The summed E-state index contributed by atoms with van der Waals surface area (Å²) < 4.78 is 5.13. The second-order valence-electron chi connectivity index (χ2n) is 3.04. The molecule has 0 aromatic heterocycles. The van der Waals surface area contributed by atoms with Crippen molar-refractivity contribution in [3.63, 3.8) is 0 Å². The second kappa shape index (κ2) is 8.24. The minimum Gasteiger partial charge on any atom is -0.361 e. The molecule has 0 spiro atoms. The van der Waals surface area contributed by atoms with Crippen LogP contribution in [0.25, 0.3) is 0 Å². The standard InChI is InChI=1S/C11H16BrNO3/c1-4-16-8-13(10(3)15)7-11(5-6-12)9(2)14/h5-7H,4,8H2,1-3H3/b6-5+,11-7-. The maximum atomic E-state index is 11.3. The van der Waals surface area contributed by atoms with E-state index in [1.54, 1.807) is 11.1 Å². The largest absolute Gasteiger partial charge is 0.361 e. The Labute approximate surface area is 104 Å². The van der Waals surface area contributed by atoms with E-state index in [1.807, 2.05) is 6.92 Å². The molecule has 0 aliphatic heterocycles. The van der Waals surface area contributed by atoms with Gasteiger partial charge in [0.2, 0.25) is 5.91 Å². The number of amides is 1. The monoisotopic (exact) mass is 289 g/mol. The zero-order valence-electron chi connectivity index (χ0n) is 9.70. The molecule has 0 aliphatic rings. The van der Waals surface area contributed by atoms with Gasteiger partial charge in [-0.05, 0) is 24.9 Å². The van der Waals surface area contributed by atoms with Gasteiger partial charge in [0.15, 0.2) is 5.78 Å². The Hall–Kier alpha value is -0.940. The quantitative estimate of drug-likeness (QED) is 0.428. The smallest absolute Gasteiger partial charge is 0.225 e. The fraction of sp³-hybridized carbons (Fsp3) is 0.455. The molecule has 0 fully saturated rings. The molecule has 16 heavy (non-hydrogen) atoms. The summed E-state index contributed by atoms with van der Waals surface area (Å²) in [5, 5.41) is 0. The van der Waals surface area contributed by atoms with E-state index in [9.17, 15) is 9.59 Å². The lowest BCUT2D eigenvalue weighted by Crippen LogP contribution is -2.26. The van der Waals surface area contributed by atoms with Crippen molar-refractivity contribution >= 4 is 27.6 Å². The third kappa shape index (κ3) is 5.82. The molecule has 0 atom stereocenters. The molecule has 90 valence electrons. The van der Waals surface area contributed by atoms with Crippen LogP contribution in [0.1, 0.15) is 20.8 Å². The zero-order valence-corrected chi connectivity index (χ0v) is 11.3. The molecule has 0 aliphatic carbocycles. The van der Waals surface area contributed by atoms with E-state index in [2.05, 4.69) is 15.9 Å². The first-order chi connectivity index (χ1) is 7.52. The highest BCUT2D eigenvalue weighted by atomic mass is 79.9. The Balaban J connectivity index is 4.83. The van der Waals surface area contributed by atoms with Crippen LogP contribution in [0.2, 0.25) is 0 Å². The molecular formula is C11H16BrNO3. The molecule has 0 N–H and O–H groups in total. The van der Waals surface area contributed by atoms with Gasteiger partial charge >= 0.3 is 0 Å². The number of halogens is 1. The van der Waals surface area contributed by atoms with Crippen molar-refractivity contribution in [3.8, 4) is 0 Å². The third-order valence-electron chi connectivity index (χ3n) is 1.78. The van der Waals surface area contributed by atoms with Crippen LogP contribution in [-0.4, -0.2) is 29.9 Å². The normalized spacial score (nSPS) is 11.9. The van der Waals surface area contributed by atoms with Crippen molar-refractivity contribution in [2.45, 2.75) is 20.8 Å². The van der Waals surface area contributed by atoms with E-state index in [4.69, 9.17) is 4.74 Å². The van der Waals surface area contributed by atoms with Gasteiger partial charge in [-0.2, -0.15) is 0 Å². The highest BCUT2D eigenvalue weighted by molar-refractivity contribution is 9.11. The topological polar surface area (TPSA) is 46.6 Å². The van der Waals surface area contributed by atoms with Crippen molar-refractivity contribution in [1.29, 1.82) is 0 Å². The van der Waals surface area contributed by atoms with E-state index in [0.717, 1.165) is 0 Å². The third-order valence-corrected chi connectivity index (χ3v) is 2.05. The summed E-state index contributed by atoms with van der Waals surface area (Å²) in [6.07, 6.45) is 3.07. The van der Waals surface area contributed by atoms with Crippen LogP contribution in [0, 0.1) is 0 Å². The minimum absolute atomic E-state index is 0.113. The number of hydrogen-bond acceptors (Lipinski definition) is 3. The van der Waals surface area contributed by atoms with Crippen LogP contribution in [0.4, 0.5) is 0 Å². The summed E-state index contributed by atoms with van der Waals surface area (Å²) in [5.41, 5.74) is 0.437. The fourth-order valence-electron chi connectivity index (χ4n) is 0.896. The summed E-state index contributed by atoms with van der Waals surface area (Å²) in [6.45, 7) is 5.37. The van der Waals surface area contributed by atoms with Crippen molar-refractivity contribution in [2.24, 2.45) is 0 Å². The fourth-order valence-corrected chi connectivity index (χ4v) is 1.18. The Morgan fingerprint density at radius 3 is 2.38 bits per heavy atom. The minimum atomic E-state index is -0.171. The Morgan fingerprint density at radius 1 is 1.38 bits per heavy atom. The SMILES string of the molecule is CCOCN(/C=C(/C=C/Br)C(C)=O)C(C)=O. The van der Waals surface area contributed by atoms with Gasteiger partial charge in [0, 0.05) is 25.3 Å². The number of ether oxygens (including phenoxy) is 1. The van der Waals surface area contributed by atoms with Crippen LogP contribution in [0.3, 0.4) is 0 Å². The van der Waals surface area contributed by atoms with E-state index in [0.29, 0.717) is 12.2 Å². The average Bonchev–Trinajstić information content (AvgIpc) is 2.21. The molecule has 0 saturated heterocycles. The summed E-state index contributed by atoms with van der Waals surface area (Å²) in [4.78, 5) is 25.4. The first-order valence-corrected chi connectivity index (χ1v) is 5.79. The highest BCUT2D eigenvalue weighted by Gasteiger charge is 2.08. The first kappa shape index (κ1) is 15.1. The van der Waals surface area contributed by atoms with Gasteiger partial charge in [-0.15, -0.1) is 0 Å². The lowest BCUT2D eigenvalue weighted by atomic mass is 10.2. The predicted molar refractivity (Wildman–Crippen MR) is 65.8 cm³/mol. The van der Waals surface area contributed by atoms with Crippen LogP contribution in [-0.2, 0) is 14.3 Å². The van der Waals surface area contributed by atoms with Crippen molar-refractivity contribution in [2.75, 3.05) is 13.3 Å². The van der Waals surface area contributed by atoms with Gasteiger partial charge < -0.3 is 4.74 Å². The number of carbonyl (C=O) groups excluding carboxylic acids is 2. The average molecular weight is 290 g/mol. The predicted octanol–water partition coefficient (Wildman–Crippen LogP) is 2.21. The second-order valence-corrected chi connectivity index (χ2v) is 3.57. The van der Waals surface area contributed by atoms with E-state index in [1.165, 1.54) is 24.9 Å². The summed E-state index contributed by atoms with van der Waals surface area (Å²) in [7, 11) is 0. The van der Waals surface area contributed by atoms with Crippen molar-refractivity contribution < 1.29 is 14.3 Å². The summed E-state index contributed by atoms with van der Waals surface area (Å²) in [6, 6.07) is 0. The molecule has 0 aromatic carbocycles. The van der Waals surface area contributed by atoms with Gasteiger partial charge in [-0.1, -0.05) is 15.9 Å². The number of carbonyl (C=O) groups is 2. The molecule has 1 amide bonds. The van der Waals surface area contributed by atoms with Crippen LogP contribution in [0.15, 0.2) is 22.8 Å². The molecule has 0 bridgehead atoms. The van der Waals surface area contributed by atoms with Crippen LogP contribution >= 0.6 is 15.9 Å². The summed E-state index contributed by atoms with van der Waals surface area (Å²) >= 11 is 3.09. The van der Waals surface area contributed by atoms with E-state index >= 15 is 0 Å². The van der Waals surface area contributed by atoms with E-state index < -0.39 is 0 Å². The summed E-state index contributed by atoms with van der Waals surface area (Å²) in [5.74, 6) is -0.284. The maximum absolute atomic E-state index is 11.3. The molecule has 0 heterocycles. The van der Waals surface area contributed by atoms with Crippen molar-refractivity contribution in [1.82, 2.24) is 4.90 Å². The molecule has 0 unspecified atom stereocenters. The van der Waals surface area contributed by atoms with Crippen LogP contribution < -0.4 is 0 Å². The molecule has 0 aromatic rings. The highest BCUT2D eigenvalue weighted by Crippen LogP contribution is 2.04. The Morgan fingerprint density at radius 2 is 2.00 bits per heavy atom. The number of hydrogen-bond donors (Lipinski definition) is 0. The van der Waals surface area contributed by atoms with Crippen LogP contribution in [0.5, 0.6) is 0 Å². The molecule has 0 rings (SSSR count). The molecule has 0 radical (unpaired) electrons. The number of nitrogens with zero attached hydrogens (tertiary/aromatic N) is 1. The van der Waals surface area contributed by atoms with Gasteiger partial charge in [0.25, 0.3) is 0 Å². The number of Topliss-reactive ketones (excluding diaryl/α,β-unsaturated/α-hetero) is 1. The lowest BCUT2D eigenvalue weighted by molar-refractivity contribution is -0.130. The lowest BCUT2D eigenvalue weighted by Gasteiger charge is -2.16. The Bertz CT molecular complexity index is 310. The van der Waals surface area contributed by atoms with E-state index in [-0.39, 0.29) is 18.4 Å². The molecule has 0 saturated carbocycles. The molecular weight excluding hydrogens is 274 g/mol. The van der Waals surface area contributed by atoms with Gasteiger partial charge in [0.1, 0.15) is 6.73 Å². The van der Waals surface area contributed by atoms with Gasteiger partial charge in [-0.3, -0.25) is 14.5 Å². The Kier molecular flexibility index (Phi) is 7.76. The molecule has 5 heteroatoms. The molecule has 4 nitrogen and oxygen atoms in total. The maximum Gasteiger partial charge on any atom is 0.225 e. The number of allylic oxidation sites excluding steroid dienone is 2. The van der Waals surface area contributed by atoms with Crippen molar-refractivity contribution in [3.05, 3.63) is 22.8 Å². The van der Waals surface area contributed by atoms with Gasteiger partial charge in [-0.25, -0.2) is 0 Å². The number of ketones is 1. The number of rotatable bonds is 6. The van der Waals surface area contributed by atoms with Gasteiger partial charge in [0.05, 0.1) is 0 Å².